The van der Waals surface area contributed by atoms with Gasteiger partial charge in [0.1, 0.15) is 0 Å². The number of hydrogen-bond donors (Lipinski definition) is 1. The largest absolute Gasteiger partial charge is 0.416 e. The molecule has 0 aliphatic heterocycles. The molecular formula is C33H21F6NO. The fourth-order valence-electron chi connectivity index (χ4n) is 4.78. The van der Waals surface area contributed by atoms with Gasteiger partial charge in [-0.25, -0.2) is 0 Å². The highest BCUT2D eigenvalue weighted by atomic mass is 19.4. The Morgan fingerprint density at radius 1 is 0.537 bits per heavy atom. The maximum absolute atomic E-state index is 13.9. The van der Waals surface area contributed by atoms with Crippen molar-refractivity contribution in [3.8, 4) is 33.4 Å². The van der Waals surface area contributed by atoms with Crippen LogP contribution in [-0.2, 0) is 12.4 Å². The third-order valence-electron chi connectivity index (χ3n) is 6.67. The van der Waals surface area contributed by atoms with Crippen molar-refractivity contribution in [1.29, 1.82) is 0 Å². The molecule has 0 spiro atoms. The summed E-state index contributed by atoms with van der Waals surface area (Å²) in [5, 5.41) is 0. The third-order valence-corrected chi connectivity index (χ3v) is 6.67. The van der Waals surface area contributed by atoms with Crippen molar-refractivity contribution < 1.29 is 31.1 Å². The second kappa shape index (κ2) is 10.6. The fourth-order valence-corrected chi connectivity index (χ4v) is 4.78. The van der Waals surface area contributed by atoms with Crippen LogP contribution >= 0.6 is 0 Å². The minimum atomic E-state index is -5.07. The molecule has 2 nitrogen and oxygen atoms in total. The zero-order chi connectivity index (χ0) is 29.4. The summed E-state index contributed by atoms with van der Waals surface area (Å²) in [6.45, 7) is 0. The van der Waals surface area contributed by atoms with Crippen LogP contribution in [0.2, 0.25) is 0 Å². The molecule has 0 amide bonds. The summed E-state index contributed by atoms with van der Waals surface area (Å²) in [4.78, 5) is 13.9. The average molecular weight is 562 g/mol. The molecular weight excluding hydrogens is 540 g/mol. The first-order valence-corrected chi connectivity index (χ1v) is 12.4. The van der Waals surface area contributed by atoms with Gasteiger partial charge in [0.15, 0.2) is 5.78 Å². The lowest BCUT2D eigenvalue weighted by Crippen LogP contribution is -2.13. The van der Waals surface area contributed by atoms with E-state index >= 15 is 0 Å². The molecule has 0 aliphatic carbocycles. The van der Waals surface area contributed by atoms with Gasteiger partial charge < -0.3 is 5.73 Å². The maximum Gasteiger partial charge on any atom is 0.416 e. The lowest BCUT2D eigenvalue weighted by Gasteiger charge is -2.22. The lowest BCUT2D eigenvalue weighted by atomic mass is 9.83. The number of anilines is 1. The van der Waals surface area contributed by atoms with Crippen molar-refractivity contribution >= 4 is 11.5 Å². The molecule has 5 rings (SSSR count). The van der Waals surface area contributed by atoms with Gasteiger partial charge >= 0.3 is 12.4 Å². The Labute approximate surface area is 231 Å². The van der Waals surface area contributed by atoms with E-state index in [-0.39, 0.29) is 34.0 Å². The van der Waals surface area contributed by atoms with Crippen LogP contribution in [0.5, 0.6) is 0 Å². The zero-order valence-electron chi connectivity index (χ0n) is 21.2. The van der Waals surface area contributed by atoms with Gasteiger partial charge in [-0.1, -0.05) is 91.0 Å². The van der Waals surface area contributed by atoms with Crippen LogP contribution in [0.1, 0.15) is 27.0 Å². The van der Waals surface area contributed by atoms with Crippen LogP contribution in [0.4, 0.5) is 32.0 Å². The molecule has 0 saturated carbocycles. The zero-order valence-corrected chi connectivity index (χ0v) is 21.2. The van der Waals surface area contributed by atoms with Crippen molar-refractivity contribution in [3.05, 3.63) is 138 Å². The highest BCUT2D eigenvalue weighted by Crippen LogP contribution is 2.46. The average Bonchev–Trinajstić information content (AvgIpc) is 2.96. The van der Waals surface area contributed by atoms with E-state index in [0.717, 1.165) is 0 Å². The molecule has 0 aromatic heterocycles. The summed E-state index contributed by atoms with van der Waals surface area (Å²) >= 11 is 0. The molecule has 8 heteroatoms. The van der Waals surface area contributed by atoms with Crippen molar-refractivity contribution in [2.45, 2.75) is 12.4 Å². The minimum absolute atomic E-state index is 0.0250. The van der Waals surface area contributed by atoms with E-state index in [0.29, 0.717) is 28.8 Å². The number of nitrogen functional groups attached to an aromatic ring is 1. The number of nitrogens with two attached hydrogens (primary N) is 1. The monoisotopic (exact) mass is 561 g/mol. The molecule has 0 fully saturated rings. The van der Waals surface area contributed by atoms with Crippen LogP contribution in [0.15, 0.2) is 115 Å². The second-order valence-corrected chi connectivity index (χ2v) is 9.36. The highest BCUT2D eigenvalue weighted by molar-refractivity contribution is 6.19. The normalized spacial score (nSPS) is 11.9. The molecule has 5 aromatic carbocycles. The van der Waals surface area contributed by atoms with Gasteiger partial charge in [0.25, 0.3) is 0 Å². The van der Waals surface area contributed by atoms with E-state index in [1.54, 1.807) is 97.1 Å². The summed E-state index contributed by atoms with van der Waals surface area (Å²) < 4.78 is 83.0. The van der Waals surface area contributed by atoms with Crippen molar-refractivity contribution in [3.63, 3.8) is 0 Å². The Morgan fingerprint density at radius 2 is 0.976 bits per heavy atom. The van der Waals surface area contributed by atoms with E-state index in [9.17, 15) is 31.1 Å². The second-order valence-electron chi connectivity index (χ2n) is 9.36. The molecule has 0 bridgehead atoms. The molecule has 2 N–H and O–H groups in total. The topological polar surface area (TPSA) is 43.1 Å². The van der Waals surface area contributed by atoms with Crippen LogP contribution in [0, 0.1) is 0 Å². The number of benzene rings is 5. The van der Waals surface area contributed by atoms with Gasteiger partial charge in [-0.3, -0.25) is 4.79 Å². The first-order valence-electron chi connectivity index (χ1n) is 12.4. The molecule has 0 heterocycles. The lowest BCUT2D eigenvalue weighted by molar-refractivity contribution is -0.143. The number of carbonyl (C=O) groups excluding carboxylic acids is 1. The molecule has 41 heavy (non-hydrogen) atoms. The van der Waals surface area contributed by atoms with Crippen LogP contribution in [-0.4, -0.2) is 5.78 Å². The number of rotatable bonds is 5. The molecule has 5 aromatic rings. The molecule has 0 atom stereocenters. The first kappa shape index (κ1) is 27.7. The van der Waals surface area contributed by atoms with Crippen molar-refractivity contribution in [2.75, 3.05) is 5.73 Å². The van der Waals surface area contributed by atoms with E-state index < -0.39 is 34.8 Å². The number of hydrogen-bond acceptors (Lipinski definition) is 2. The first-order chi connectivity index (χ1) is 19.4. The minimum Gasteiger partial charge on any atom is -0.398 e. The summed E-state index contributed by atoms with van der Waals surface area (Å²) in [6.07, 6.45) is -10.1. The number of halogens is 6. The van der Waals surface area contributed by atoms with Gasteiger partial charge in [0.2, 0.25) is 0 Å². The van der Waals surface area contributed by atoms with Crippen LogP contribution in [0.25, 0.3) is 33.4 Å². The van der Waals surface area contributed by atoms with Crippen LogP contribution in [0.3, 0.4) is 0 Å². The standard InChI is InChI=1S/C33H21F6NO/c34-32(35,36)24-16-23(17-25(18-24)33(37,38)39)28-26(20-10-4-1-5-11-20)19-27(21-12-6-2-7-13-21)29(30(28)40)31(41)22-14-8-3-9-15-22/h1-19H,40H2. The fraction of sp³-hybridized carbons (Fsp3) is 0.0606. The molecule has 0 aliphatic rings. The molecule has 0 unspecified atom stereocenters. The number of ketones is 1. The maximum atomic E-state index is 13.9. The highest BCUT2D eigenvalue weighted by Gasteiger charge is 2.38. The third kappa shape index (κ3) is 5.59. The Kier molecular flexibility index (Phi) is 7.17. The predicted molar refractivity (Wildman–Crippen MR) is 147 cm³/mol. The Hall–Kier alpha value is -4.85. The van der Waals surface area contributed by atoms with E-state index in [1.165, 1.54) is 0 Å². The van der Waals surface area contributed by atoms with Crippen LogP contribution < -0.4 is 5.73 Å². The van der Waals surface area contributed by atoms with E-state index in [4.69, 9.17) is 5.73 Å². The Bertz CT molecular complexity index is 1680. The smallest absolute Gasteiger partial charge is 0.398 e. The van der Waals surface area contributed by atoms with Gasteiger partial charge in [-0.2, -0.15) is 26.3 Å². The van der Waals surface area contributed by atoms with Gasteiger partial charge in [0.05, 0.1) is 22.4 Å². The number of alkyl halides is 6. The molecule has 0 saturated heterocycles. The summed E-state index contributed by atoms with van der Waals surface area (Å²) in [5.41, 5.74) is 4.95. The number of carbonyl (C=O) groups is 1. The van der Waals surface area contributed by atoms with Gasteiger partial charge in [-0.15, -0.1) is 0 Å². The summed E-state index contributed by atoms with van der Waals surface area (Å²) in [5.74, 6) is -0.522. The van der Waals surface area contributed by atoms with Crippen molar-refractivity contribution in [2.24, 2.45) is 0 Å². The summed E-state index contributed by atoms with van der Waals surface area (Å²) in [7, 11) is 0. The predicted octanol–water partition coefficient (Wildman–Crippen LogP) is 9.54. The Morgan fingerprint density at radius 3 is 1.44 bits per heavy atom. The summed E-state index contributed by atoms with van der Waals surface area (Å²) in [6, 6.07) is 28.3. The molecule has 0 radical (unpaired) electrons. The SMILES string of the molecule is Nc1c(C(=O)c2ccccc2)c(-c2ccccc2)cc(-c2ccccc2)c1-c1cc(C(F)(F)F)cc(C(F)(F)F)c1. The van der Waals surface area contributed by atoms with E-state index in [1.807, 2.05) is 0 Å². The van der Waals surface area contributed by atoms with Gasteiger partial charge in [0, 0.05) is 11.1 Å². The van der Waals surface area contributed by atoms with E-state index in [2.05, 4.69) is 0 Å². The van der Waals surface area contributed by atoms with Crippen molar-refractivity contribution in [1.82, 2.24) is 0 Å². The van der Waals surface area contributed by atoms with Gasteiger partial charge in [-0.05, 0) is 52.1 Å². The molecule has 206 valence electrons. The quantitative estimate of drug-likeness (QED) is 0.132. The Balaban J connectivity index is 1.93.